The zero-order valence-electron chi connectivity index (χ0n) is 9.95. The van der Waals surface area contributed by atoms with Gasteiger partial charge in [0.05, 0.1) is 6.10 Å². The molecule has 0 aliphatic carbocycles. The number of aliphatic hydroxyl groups is 1. The van der Waals surface area contributed by atoms with Gasteiger partial charge in [0, 0.05) is 13.1 Å². The summed E-state index contributed by atoms with van der Waals surface area (Å²) in [6.45, 7) is 7.46. The van der Waals surface area contributed by atoms with Crippen LogP contribution in [0.5, 0.6) is 0 Å². The van der Waals surface area contributed by atoms with E-state index in [0.29, 0.717) is 6.54 Å². The summed E-state index contributed by atoms with van der Waals surface area (Å²) in [5.41, 5.74) is 2.21. The zero-order valence-corrected chi connectivity index (χ0v) is 9.95. The minimum atomic E-state index is -0.242. The van der Waals surface area contributed by atoms with Gasteiger partial charge in [0.2, 0.25) is 0 Å². The highest BCUT2D eigenvalue weighted by molar-refractivity contribution is 5.64. The summed E-state index contributed by atoms with van der Waals surface area (Å²) in [6.07, 6.45) is 1.63. The van der Waals surface area contributed by atoms with Gasteiger partial charge < -0.3 is 10.4 Å². The highest BCUT2D eigenvalue weighted by Crippen LogP contribution is 2.09. The Kier molecular flexibility index (Phi) is 5.83. The van der Waals surface area contributed by atoms with Gasteiger partial charge in [-0.25, -0.2) is 0 Å². The lowest BCUT2D eigenvalue weighted by molar-refractivity contribution is 0.162. The first-order chi connectivity index (χ1) is 7.74. The van der Waals surface area contributed by atoms with Crippen molar-refractivity contribution in [1.82, 2.24) is 5.32 Å². The van der Waals surface area contributed by atoms with Crippen molar-refractivity contribution >= 4 is 5.57 Å². The molecule has 1 aromatic carbocycles. The van der Waals surface area contributed by atoms with Gasteiger partial charge in [-0.05, 0) is 17.6 Å². The van der Waals surface area contributed by atoms with Crippen molar-refractivity contribution in [3.63, 3.8) is 0 Å². The molecule has 0 fully saturated rings. The molecule has 1 rings (SSSR count). The van der Waals surface area contributed by atoms with E-state index in [9.17, 15) is 5.11 Å². The third-order valence-corrected chi connectivity index (χ3v) is 2.52. The summed E-state index contributed by atoms with van der Waals surface area (Å²) in [5, 5.41) is 12.8. The molecule has 0 spiro atoms. The highest BCUT2D eigenvalue weighted by Gasteiger charge is 2.02. The van der Waals surface area contributed by atoms with Crippen LogP contribution in [0.1, 0.15) is 25.3 Å². The molecule has 2 N–H and O–H groups in total. The van der Waals surface area contributed by atoms with E-state index in [0.717, 1.165) is 30.5 Å². The quantitative estimate of drug-likeness (QED) is 0.738. The smallest absolute Gasteiger partial charge is 0.0664 e. The second-order valence-corrected chi connectivity index (χ2v) is 4.04. The molecule has 0 radical (unpaired) electrons. The molecule has 0 bridgehead atoms. The Morgan fingerprint density at radius 3 is 2.69 bits per heavy atom. The van der Waals surface area contributed by atoms with Crippen molar-refractivity contribution in [2.45, 2.75) is 25.9 Å². The first-order valence-electron chi connectivity index (χ1n) is 5.86. The van der Waals surface area contributed by atoms with Crippen molar-refractivity contribution in [3.8, 4) is 0 Å². The van der Waals surface area contributed by atoms with Crippen molar-refractivity contribution in [2.75, 3.05) is 13.1 Å². The maximum atomic E-state index is 9.54. The second kappa shape index (κ2) is 7.20. The highest BCUT2D eigenvalue weighted by atomic mass is 16.3. The summed E-state index contributed by atoms with van der Waals surface area (Å²) in [4.78, 5) is 0. The van der Waals surface area contributed by atoms with Crippen LogP contribution in [-0.2, 0) is 0 Å². The molecule has 0 saturated carbocycles. The lowest BCUT2D eigenvalue weighted by Crippen LogP contribution is -2.27. The van der Waals surface area contributed by atoms with E-state index in [4.69, 9.17) is 0 Å². The molecular weight excluding hydrogens is 198 g/mol. The summed E-state index contributed by atoms with van der Waals surface area (Å²) in [7, 11) is 0. The molecule has 1 aromatic rings. The maximum absolute atomic E-state index is 9.54. The molecule has 0 amide bonds. The Balaban J connectivity index is 2.26. The molecule has 16 heavy (non-hydrogen) atoms. The number of benzene rings is 1. The molecule has 2 heteroatoms. The predicted octanol–water partition coefficient (Wildman–Crippen LogP) is 2.45. The van der Waals surface area contributed by atoms with Gasteiger partial charge in [0.1, 0.15) is 0 Å². The third kappa shape index (κ3) is 4.60. The lowest BCUT2D eigenvalue weighted by Gasteiger charge is -2.12. The van der Waals surface area contributed by atoms with Crippen LogP contribution in [0.4, 0.5) is 0 Å². The van der Waals surface area contributed by atoms with Gasteiger partial charge in [-0.2, -0.15) is 0 Å². The van der Waals surface area contributed by atoms with Crippen LogP contribution in [0.25, 0.3) is 5.57 Å². The first kappa shape index (κ1) is 12.9. The predicted molar refractivity (Wildman–Crippen MR) is 69.3 cm³/mol. The summed E-state index contributed by atoms with van der Waals surface area (Å²) >= 11 is 0. The maximum Gasteiger partial charge on any atom is 0.0664 e. The second-order valence-electron chi connectivity index (χ2n) is 4.04. The van der Waals surface area contributed by atoms with E-state index in [1.807, 2.05) is 30.3 Å². The molecule has 2 nitrogen and oxygen atoms in total. The number of nitrogens with one attached hydrogen (secondary N) is 1. The fourth-order valence-corrected chi connectivity index (χ4v) is 1.60. The van der Waals surface area contributed by atoms with Gasteiger partial charge in [-0.3, -0.25) is 0 Å². The van der Waals surface area contributed by atoms with Crippen LogP contribution in [0.2, 0.25) is 0 Å². The Bertz CT molecular complexity index is 308. The molecule has 88 valence electrons. The van der Waals surface area contributed by atoms with Crippen LogP contribution in [0.15, 0.2) is 36.9 Å². The fraction of sp³-hybridized carbons (Fsp3) is 0.429. The number of rotatable bonds is 7. The molecule has 0 aliphatic rings. The Morgan fingerprint density at radius 1 is 1.38 bits per heavy atom. The van der Waals surface area contributed by atoms with Crippen LogP contribution in [0, 0.1) is 0 Å². The monoisotopic (exact) mass is 219 g/mol. The normalized spacial score (nSPS) is 12.4. The number of hydrogen-bond acceptors (Lipinski definition) is 2. The molecule has 1 atom stereocenters. The Morgan fingerprint density at radius 2 is 2.06 bits per heavy atom. The van der Waals surface area contributed by atoms with Crippen molar-refractivity contribution in [2.24, 2.45) is 0 Å². The van der Waals surface area contributed by atoms with Gasteiger partial charge >= 0.3 is 0 Å². The topological polar surface area (TPSA) is 32.3 Å². The summed E-state index contributed by atoms with van der Waals surface area (Å²) in [5.74, 6) is 0. The van der Waals surface area contributed by atoms with Gasteiger partial charge in [0.25, 0.3) is 0 Å². The van der Waals surface area contributed by atoms with Gasteiger partial charge in [0.15, 0.2) is 0 Å². The molecule has 0 aromatic heterocycles. The van der Waals surface area contributed by atoms with Crippen molar-refractivity contribution < 1.29 is 5.11 Å². The van der Waals surface area contributed by atoms with Crippen LogP contribution < -0.4 is 5.32 Å². The fourth-order valence-electron chi connectivity index (χ4n) is 1.60. The molecule has 1 unspecified atom stereocenters. The lowest BCUT2D eigenvalue weighted by atomic mass is 10.1. The summed E-state index contributed by atoms with van der Waals surface area (Å²) in [6, 6.07) is 10.1. The van der Waals surface area contributed by atoms with Crippen LogP contribution in [0.3, 0.4) is 0 Å². The van der Waals surface area contributed by atoms with E-state index in [1.165, 1.54) is 0 Å². The van der Waals surface area contributed by atoms with E-state index in [2.05, 4.69) is 18.8 Å². The van der Waals surface area contributed by atoms with E-state index in [1.54, 1.807) is 0 Å². The van der Waals surface area contributed by atoms with Crippen molar-refractivity contribution in [1.29, 1.82) is 0 Å². The largest absolute Gasteiger partial charge is 0.392 e. The average molecular weight is 219 g/mol. The van der Waals surface area contributed by atoms with E-state index < -0.39 is 0 Å². The molecular formula is C14H21NO. The number of hydrogen-bond donors (Lipinski definition) is 2. The SMILES string of the molecule is C=C(CNCC(O)CCC)c1ccccc1. The Labute approximate surface area is 98.0 Å². The van der Waals surface area contributed by atoms with Gasteiger partial charge in [-0.15, -0.1) is 0 Å². The summed E-state index contributed by atoms with van der Waals surface area (Å²) < 4.78 is 0. The number of aliphatic hydroxyl groups excluding tert-OH is 1. The van der Waals surface area contributed by atoms with Crippen LogP contribution >= 0.6 is 0 Å². The zero-order chi connectivity index (χ0) is 11.8. The minimum Gasteiger partial charge on any atom is -0.392 e. The molecule has 0 heterocycles. The first-order valence-corrected chi connectivity index (χ1v) is 5.86. The third-order valence-electron chi connectivity index (χ3n) is 2.52. The van der Waals surface area contributed by atoms with Gasteiger partial charge in [-0.1, -0.05) is 50.3 Å². The Hall–Kier alpha value is -1.12. The van der Waals surface area contributed by atoms with E-state index >= 15 is 0 Å². The van der Waals surface area contributed by atoms with E-state index in [-0.39, 0.29) is 6.10 Å². The average Bonchev–Trinajstić information content (AvgIpc) is 2.30. The minimum absolute atomic E-state index is 0.242. The molecule has 0 aliphatic heterocycles. The molecule has 0 saturated heterocycles. The van der Waals surface area contributed by atoms with Crippen LogP contribution in [-0.4, -0.2) is 24.3 Å². The standard InChI is InChI=1S/C14H21NO/c1-3-7-14(16)11-15-10-12(2)13-8-5-4-6-9-13/h4-6,8-9,14-16H,2-3,7,10-11H2,1H3. The van der Waals surface area contributed by atoms with Crippen molar-refractivity contribution in [3.05, 3.63) is 42.5 Å².